The monoisotopic (exact) mass is 563 g/mol. The number of hydrogen-bond acceptors (Lipinski definition) is 5. The fraction of sp³-hybridized carbons (Fsp3) is 0.324. The number of rotatable bonds is 6. The van der Waals surface area contributed by atoms with Crippen molar-refractivity contribution in [2.75, 3.05) is 36.0 Å². The topological polar surface area (TPSA) is 90.4 Å². The van der Waals surface area contributed by atoms with Crippen LogP contribution in [0.15, 0.2) is 97.1 Å². The van der Waals surface area contributed by atoms with Gasteiger partial charge in [-0.25, -0.2) is 0 Å². The average molecular weight is 564 g/mol. The molecular weight excluding hydrogens is 530 g/mol. The molecule has 1 spiro atoms. The number of aliphatic hydroxyl groups is 1. The number of nitrogens with zero attached hydrogens (tertiary/aromatic N) is 3. The van der Waals surface area contributed by atoms with Crippen LogP contribution in [0.2, 0.25) is 0 Å². The molecule has 0 aliphatic carbocycles. The summed E-state index contributed by atoms with van der Waals surface area (Å²) in [6.45, 7) is 0.982. The van der Waals surface area contributed by atoms with Gasteiger partial charge in [0.05, 0.1) is 17.9 Å². The van der Waals surface area contributed by atoms with Crippen LogP contribution in [-0.4, -0.2) is 71.7 Å². The fourth-order valence-corrected chi connectivity index (χ4v) is 7.19. The lowest BCUT2D eigenvalue weighted by atomic mass is 9.77. The van der Waals surface area contributed by atoms with Crippen molar-refractivity contribution in [3.05, 3.63) is 97.1 Å². The van der Waals surface area contributed by atoms with Crippen LogP contribution < -0.4 is 9.80 Å². The van der Waals surface area contributed by atoms with Crippen LogP contribution in [0.1, 0.15) is 12.8 Å². The van der Waals surface area contributed by atoms with Gasteiger partial charge in [-0.2, -0.15) is 0 Å². The molecule has 4 aliphatic heterocycles. The molecule has 0 radical (unpaired) electrons. The molecule has 3 aromatic carbocycles. The van der Waals surface area contributed by atoms with Crippen molar-refractivity contribution in [1.82, 2.24) is 4.90 Å². The van der Waals surface area contributed by atoms with Crippen molar-refractivity contribution < 1.29 is 24.2 Å². The van der Waals surface area contributed by atoms with Crippen LogP contribution in [-0.2, 0) is 19.1 Å². The van der Waals surface area contributed by atoms with E-state index >= 15 is 0 Å². The Kier molecular flexibility index (Phi) is 6.67. The first kappa shape index (κ1) is 26.6. The Hall–Kier alpha value is -4.27. The number of unbranched alkanes of at least 4 members (excludes halogenated alkanes) is 1. The zero-order valence-electron chi connectivity index (χ0n) is 23.2. The second-order valence-electron chi connectivity index (χ2n) is 11.4. The summed E-state index contributed by atoms with van der Waals surface area (Å²) in [6.07, 6.45) is 7.97. The normalized spacial score (nSPS) is 28.6. The van der Waals surface area contributed by atoms with Gasteiger partial charge in [0.2, 0.25) is 11.8 Å². The number of benzene rings is 3. The summed E-state index contributed by atoms with van der Waals surface area (Å²) < 4.78 is 6.75. The van der Waals surface area contributed by atoms with E-state index in [0.29, 0.717) is 32.5 Å². The average Bonchev–Trinajstić information content (AvgIpc) is 3.32. The van der Waals surface area contributed by atoms with Gasteiger partial charge >= 0.3 is 0 Å². The number of ether oxygens (including phenoxy) is 1. The van der Waals surface area contributed by atoms with Gasteiger partial charge < -0.3 is 24.5 Å². The molecule has 1 N–H and O–H groups in total. The van der Waals surface area contributed by atoms with Gasteiger partial charge in [-0.1, -0.05) is 72.8 Å². The standard InChI is InChI=1S/C34H33N3O5/c38-21-7-6-18-37-30-33(41)36(26-16-15-23-10-4-5-11-24(23)22-26)20-9-17-34(30)29(32(37)40)28-27(42-34)14-8-19-35(31(28)39)25-12-2-1-3-13-25/h1-5,8-17,22,27-30,38H,6-7,18-21H2/t27-,28+,29+,30?,34+/m1/s1. The van der Waals surface area contributed by atoms with E-state index in [1.165, 1.54) is 0 Å². The van der Waals surface area contributed by atoms with Crippen LogP contribution in [0.5, 0.6) is 0 Å². The van der Waals surface area contributed by atoms with Gasteiger partial charge in [0.15, 0.2) is 0 Å². The third-order valence-electron chi connectivity index (χ3n) is 9.08. The third-order valence-corrected chi connectivity index (χ3v) is 9.08. The highest BCUT2D eigenvalue weighted by Gasteiger charge is 2.71. The Bertz CT molecular complexity index is 1600. The number of likely N-dealkylation sites (tertiary alicyclic amines) is 1. The van der Waals surface area contributed by atoms with E-state index in [1.54, 1.807) is 14.7 Å². The molecule has 2 saturated heterocycles. The Morgan fingerprint density at radius 3 is 2.33 bits per heavy atom. The fourth-order valence-electron chi connectivity index (χ4n) is 7.19. The van der Waals surface area contributed by atoms with Crippen molar-refractivity contribution in [2.45, 2.75) is 30.6 Å². The zero-order chi connectivity index (χ0) is 28.8. The molecule has 7 rings (SSSR count). The largest absolute Gasteiger partial charge is 0.396 e. The van der Waals surface area contributed by atoms with Gasteiger partial charge in [-0.15, -0.1) is 0 Å². The molecule has 4 aliphatic rings. The minimum Gasteiger partial charge on any atom is -0.396 e. The molecule has 5 atom stereocenters. The molecule has 4 heterocycles. The number of carbonyl (C=O) groups is 3. The summed E-state index contributed by atoms with van der Waals surface area (Å²) in [5.41, 5.74) is 0.212. The molecule has 42 heavy (non-hydrogen) atoms. The summed E-state index contributed by atoms with van der Waals surface area (Å²) in [4.78, 5) is 48.2. The van der Waals surface area contributed by atoms with Crippen molar-refractivity contribution in [3.63, 3.8) is 0 Å². The molecule has 3 aromatic rings. The molecule has 0 saturated carbocycles. The smallest absolute Gasteiger partial charge is 0.253 e. The summed E-state index contributed by atoms with van der Waals surface area (Å²) in [6, 6.07) is 22.4. The summed E-state index contributed by atoms with van der Waals surface area (Å²) in [7, 11) is 0. The van der Waals surface area contributed by atoms with Gasteiger partial charge in [-0.05, 0) is 47.9 Å². The number of amides is 3. The zero-order valence-corrected chi connectivity index (χ0v) is 23.2. The second-order valence-corrected chi connectivity index (χ2v) is 11.4. The van der Waals surface area contributed by atoms with Gasteiger partial charge in [-0.3, -0.25) is 14.4 Å². The second kappa shape index (κ2) is 10.5. The minimum atomic E-state index is -1.28. The van der Waals surface area contributed by atoms with Crippen molar-refractivity contribution in [3.8, 4) is 0 Å². The quantitative estimate of drug-likeness (QED) is 0.365. The maximum Gasteiger partial charge on any atom is 0.253 e. The van der Waals surface area contributed by atoms with Crippen LogP contribution in [0.3, 0.4) is 0 Å². The Morgan fingerprint density at radius 2 is 1.52 bits per heavy atom. The predicted molar refractivity (Wildman–Crippen MR) is 160 cm³/mol. The lowest BCUT2D eigenvalue weighted by Gasteiger charge is -2.35. The van der Waals surface area contributed by atoms with Gasteiger partial charge in [0.1, 0.15) is 11.6 Å². The molecule has 214 valence electrons. The maximum absolute atomic E-state index is 14.6. The lowest BCUT2D eigenvalue weighted by Crippen LogP contribution is -2.55. The van der Waals surface area contributed by atoms with Crippen LogP contribution in [0, 0.1) is 11.8 Å². The van der Waals surface area contributed by atoms with E-state index in [2.05, 4.69) is 0 Å². The number of anilines is 2. The summed E-state index contributed by atoms with van der Waals surface area (Å²) in [5.74, 6) is -2.28. The number of fused-ring (bicyclic) bond motifs is 3. The number of para-hydroxylation sites is 1. The number of carbonyl (C=O) groups excluding carboxylic acids is 3. The van der Waals surface area contributed by atoms with Crippen LogP contribution in [0.4, 0.5) is 11.4 Å². The highest BCUT2D eigenvalue weighted by Crippen LogP contribution is 2.54. The van der Waals surface area contributed by atoms with Gasteiger partial charge in [0, 0.05) is 37.6 Å². The minimum absolute atomic E-state index is 0.00511. The van der Waals surface area contributed by atoms with E-state index in [9.17, 15) is 19.5 Å². The van der Waals surface area contributed by atoms with E-state index in [1.807, 2.05) is 97.1 Å². The summed E-state index contributed by atoms with van der Waals surface area (Å²) in [5, 5.41) is 11.5. The maximum atomic E-state index is 14.6. The van der Waals surface area contributed by atoms with E-state index in [-0.39, 0.29) is 24.3 Å². The molecule has 0 bridgehead atoms. The molecule has 0 aromatic heterocycles. The summed E-state index contributed by atoms with van der Waals surface area (Å²) >= 11 is 0. The first-order valence-electron chi connectivity index (χ1n) is 14.6. The molecular formula is C34H33N3O5. The predicted octanol–water partition coefficient (Wildman–Crippen LogP) is 3.70. The third kappa shape index (κ3) is 4.08. The lowest BCUT2D eigenvalue weighted by molar-refractivity contribution is -0.140. The molecule has 3 amide bonds. The van der Waals surface area contributed by atoms with Gasteiger partial charge in [0.25, 0.3) is 5.91 Å². The first-order valence-corrected chi connectivity index (χ1v) is 14.6. The molecule has 8 nitrogen and oxygen atoms in total. The van der Waals surface area contributed by atoms with E-state index in [0.717, 1.165) is 22.1 Å². The Labute approximate surface area is 244 Å². The highest BCUT2D eigenvalue weighted by molar-refractivity contribution is 6.08. The molecule has 1 unspecified atom stereocenters. The Morgan fingerprint density at radius 1 is 0.786 bits per heavy atom. The van der Waals surface area contributed by atoms with Crippen molar-refractivity contribution in [1.29, 1.82) is 0 Å². The van der Waals surface area contributed by atoms with E-state index < -0.39 is 29.6 Å². The SMILES string of the molecule is O=C1C2N(CCCCO)C(=O)[C@@H]3[C@H]4C(=O)N(c5ccccc5)CC=C[C@H]4O[C@]23C=CCN1c1ccc2ccccc2c1. The Balaban J connectivity index is 1.30. The molecule has 2 fully saturated rings. The highest BCUT2D eigenvalue weighted by atomic mass is 16.5. The molecule has 8 heteroatoms. The van der Waals surface area contributed by atoms with Crippen LogP contribution in [0.25, 0.3) is 10.8 Å². The number of hydrogen-bond donors (Lipinski definition) is 1. The van der Waals surface area contributed by atoms with Crippen molar-refractivity contribution in [2.24, 2.45) is 11.8 Å². The van der Waals surface area contributed by atoms with Crippen molar-refractivity contribution >= 4 is 39.9 Å². The first-order chi connectivity index (χ1) is 20.5. The number of aliphatic hydroxyl groups excluding tert-OH is 1. The van der Waals surface area contributed by atoms with Crippen LogP contribution >= 0.6 is 0 Å². The van der Waals surface area contributed by atoms with E-state index in [4.69, 9.17) is 4.74 Å².